The SMILES string of the molecule is CCOC(=O)C1=C(C)N=c2s/c(=C/c3cccc(OCc4ccc(Cl)c(Cl)c4)c3)c(=O)n2[C@H]1c1ccc(OCC)cc1. The van der Waals surface area contributed by atoms with E-state index in [1.54, 1.807) is 36.6 Å². The van der Waals surface area contributed by atoms with Crippen LogP contribution < -0.4 is 24.4 Å². The first-order valence-electron chi connectivity index (χ1n) is 13.4. The summed E-state index contributed by atoms with van der Waals surface area (Å²) in [6.07, 6.45) is 1.80. The van der Waals surface area contributed by atoms with Crippen LogP contribution >= 0.6 is 34.5 Å². The van der Waals surface area contributed by atoms with Crippen LogP contribution in [0.1, 0.15) is 43.5 Å². The molecule has 5 rings (SSSR count). The van der Waals surface area contributed by atoms with Crippen molar-refractivity contribution in [3.63, 3.8) is 0 Å². The largest absolute Gasteiger partial charge is 0.494 e. The molecule has 42 heavy (non-hydrogen) atoms. The molecule has 1 atom stereocenters. The van der Waals surface area contributed by atoms with Gasteiger partial charge in [-0.2, -0.15) is 0 Å². The van der Waals surface area contributed by atoms with Crippen LogP contribution in [0.5, 0.6) is 11.5 Å². The van der Waals surface area contributed by atoms with E-state index in [0.29, 0.717) is 55.4 Å². The fraction of sp³-hybridized carbons (Fsp3) is 0.219. The standard InChI is InChI=1S/C32H28Cl2N2O5S/c1-4-39-23-12-10-22(11-13-23)29-28(31(38)40-5-2)19(3)35-32-36(29)30(37)27(42-32)17-20-7-6-8-24(15-20)41-18-21-9-14-25(33)26(34)16-21/h6-17,29H,4-5,18H2,1-3H3/b27-17+/t29-/m0/s1. The minimum Gasteiger partial charge on any atom is -0.494 e. The smallest absolute Gasteiger partial charge is 0.338 e. The maximum atomic E-state index is 13.9. The van der Waals surface area contributed by atoms with Crippen molar-refractivity contribution in [2.24, 2.45) is 4.99 Å². The Morgan fingerprint density at radius 3 is 2.48 bits per heavy atom. The Kier molecular flexibility index (Phi) is 9.16. The number of fused-ring (bicyclic) bond motifs is 1. The Bertz CT molecular complexity index is 1840. The topological polar surface area (TPSA) is 79.1 Å². The van der Waals surface area contributed by atoms with Crippen molar-refractivity contribution in [3.05, 3.63) is 124 Å². The highest BCUT2D eigenvalue weighted by Gasteiger charge is 2.33. The molecule has 4 aromatic rings. The highest BCUT2D eigenvalue weighted by molar-refractivity contribution is 7.07. The minimum atomic E-state index is -0.695. The summed E-state index contributed by atoms with van der Waals surface area (Å²) in [5.41, 5.74) is 3.00. The van der Waals surface area contributed by atoms with E-state index in [9.17, 15) is 9.59 Å². The van der Waals surface area contributed by atoms with Crippen LogP contribution in [0, 0.1) is 0 Å². The Morgan fingerprint density at radius 2 is 1.76 bits per heavy atom. The summed E-state index contributed by atoms with van der Waals surface area (Å²) in [6, 6.07) is 19.5. The average Bonchev–Trinajstić information content (AvgIpc) is 3.27. The lowest BCUT2D eigenvalue weighted by atomic mass is 9.96. The maximum Gasteiger partial charge on any atom is 0.338 e. The number of halogens is 2. The normalized spacial score (nSPS) is 14.8. The molecule has 0 saturated carbocycles. The van der Waals surface area contributed by atoms with Gasteiger partial charge in [-0.1, -0.05) is 64.9 Å². The van der Waals surface area contributed by atoms with Crippen molar-refractivity contribution in [3.8, 4) is 11.5 Å². The van der Waals surface area contributed by atoms with Crippen LogP contribution in [-0.4, -0.2) is 23.8 Å². The van der Waals surface area contributed by atoms with Crippen LogP contribution in [0.2, 0.25) is 10.0 Å². The molecule has 0 radical (unpaired) electrons. The van der Waals surface area contributed by atoms with E-state index < -0.39 is 12.0 Å². The molecule has 0 amide bonds. The first-order valence-corrected chi connectivity index (χ1v) is 15.0. The molecule has 0 aliphatic carbocycles. The van der Waals surface area contributed by atoms with Gasteiger partial charge in [0, 0.05) is 0 Å². The second-order valence-electron chi connectivity index (χ2n) is 9.41. The van der Waals surface area contributed by atoms with E-state index in [1.807, 2.05) is 61.5 Å². The molecule has 1 aliphatic rings. The summed E-state index contributed by atoms with van der Waals surface area (Å²) < 4.78 is 19.0. The molecule has 0 saturated heterocycles. The van der Waals surface area contributed by atoms with Crippen LogP contribution in [-0.2, 0) is 16.1 Å². The van der Waals surface area contributed by atoms with Gasteiger partial charge in [0.1, 0.15) is 18.1 Å². The Balaban J connectivity index is 1.52. The third-order valence-electron chi connectivity index (χ3n) is 6.57. The lowest BCUT2D eigenvalue weighted by Gasteiger charge is -2.24. The number of aromatic nitrogens is 1. The van der Waals surface area contributed by atoms with Gasteiger partial charge >= 0.3 is 5.97 Å². The van der Waals surface area contributed by atoms with Gasteiger partial charge in [0.25, 0.3) is 5.56 Å². The van der Waals surface area contributed by atoms with Crippen LogP contribution in [0.4, 0.5) is 0 Å². The molecule has 1 aliphatic heterocycles. The lowest BCUT2D eigenvalue weighted by molar-refractivity contribution is -0.139. The second-order valence-corrected chi connectivity index (χ2v) is 11.2. The minimum absolute atomic E-state index is 0.208. The fourth-order valence-electron chi connectivity index (χ4n) is 4.66. The number of hydrogen-bond acceptors (Lipinski definition) is 7. The number of hydrogen-bond donors (Lipinski definition) is 0. The summed E-state index contributed by atoms with van der Waals surface area (Å²) in [5, 5.41) is 0.949. The molecule has 10 heteroatoms. The van der Waals surface area contributed by atoms with E-state index >= 15 is 0 Å². The number of carbonyl (C=O) groups is 1. The van der Waals surface area contributed by atoms with Crippen molar-refractivity contribution in [2.45, 2.75) is 33.4 Å². The van der Waals surface area contributed by atoms with Crippen LogP contribution in [0.25, 0.3) is 6.08 Å². The van der Waals surface area contributed by atoms with Gasteiger partial charge in [0.05, 0.1) is 45.1 Å². The molecule has 7 nitrogen and oxygen atoms in total. The van der Waals surface area contributed by atoms with Gasteiger partial charge in [-0.05, 0) is 79.9 Å². The van der Waals surface area contributed by atoms with Crippen LogP contribution in [0.3, 0.4) is 0 Å². The van der Waals surface area contributed by atoms with Crippen molar-refractivity contribution < 1.29 is 19.0 Å². The number of esters is 1. The first kappa shape index (κ1) is 29.6. The molecule has 0 bridgehead atoms. The summed E-state index contributed by atoms with van der Waals surface area (Å²) in [7, 11) is 0. The average molecular weight is 624 g/mol. The molecule has 0 unspecified atom stereocenters. The zero-order valence-electron chi connectivity index (χ0n) is 23.2. The Hall–Kier alpha value is -3.85. The van der Waals surface area contributed by atoms with Crippen molar-refractivity contribution in [1.82, 2.24) is 4.57 Å². The van der Waals surface area contributed by atoms with E-state index in [-0.39, 0.29) is 12.2 Å². The van der Waals surface area contributed by atoms with Crippen molar-refractivity contribution in [1.29, 1.82) is 0 Å². The molecular formula is C32H28Cl2N2O5S. The maximum absolute atomic E-state index is 13.9. The summed E-state index contributed by atoms with van der Waals surface area (Å²) >= 11 is 13.4. The van der Waals surface area contributed by atoms with Gasteiger partial charge in [-0.15, -0.1) is 0 Å². The molecule has 1 aromatic heterocycles. The van der Waals surface area contributed by atoms with Gasteiger partial charge < -0.3 is 14.2 Å². The molecular weight excluding hydrogens is 595 g/mol. The number of ether oxygens (including phenoxy) is 3. The molecule has 3 aromatic carbocycles. The Labute approximate surface area is 256 Å². The quantitative estimate of drug-likeness (QED) is 0.211. The monoisotopic (exact) mass is 622 g/mol. The predicted octanol–water partition coefficient (Wildman–Crippen LogP) is 6.08. The zero-order valence-corrected chi connectivity index (χ0v) is 25.6. The highest BCUT2D eigenvalue weighted by atomic mass is 35.5. The number of allylic oxidation sites excluding steroid dienone is 1. The van der Waals surface area contributed by atoms with Gasteiger partial charge in [0.15, 0.2) is 4.80 Å². The van der Waals surface area contributed by atoms with Gasteiger partial charge in [0.2, 0.25) is 0 Å². The summed E-state index contributed by atoms with van der Waals surface area (Å²) in [5.74, 6) is 0.836. The fourth-order valence-corrected chi connectivity index (χ4v) is 6.03. The number of benzene rings is 3. The number of thiazole rings is 1. The number of rotatable bonds is 9. The zero-order chi connectivity index (χ0) is 29.8. The summed E-state index contributed by atoms with van der Waals surface area (Å²) in [4.78, 5) is 32.1. The van der Waals surface area contributed by atoms with Crippen LogP contribution in [0.15, 0.2) is 87.8 Å². The van der Waals surface area contributed by atoms with E-state index in [1.165, 1.54) is 11.3 Å². The number of carbonyl (C=O) groups excluding carboxylic acids is 1. The molecule has 216 valence electrons. The highest BCUT2D eigenvalue weighted by Crippen LogP contribution is 2.32. The number of nitrogens with zero attached hydrogens (tertiary/aromatic N) is 2. The van der Waals surface area contributed by atoms with Gasteiger partial charge in [-0.3, -0.25) is 9.36 Å². The molecule has 0 fully saturated rings. The third-order valence-corrected chi connectivity index (χ3v) is 8.29. The first-order chi connectivity index (χ1) is 20.3. The third kappa shape index (κ3) is 6.31. The molecule has 2 heterocycles. The molecule has 0 N–H and O–H groups in total. The van der Waals surface area contributed by atoms with E-state index in [0.717, 1.165) is 16.7 Å². The predicted molar refractivity (Wildman–Crippen MR) is 165 cm³/mol. The van der Waals surface area contributed by atoms with Crippen molar-refractivity contribution >= 4 is 46.6 Å². The molecule has 0 spiro atoms. The lowest BCUT2D eigenvalue weighted by Crippen LogP contribution is -2.39. The van der Waals surface area contributed by atoms with E-state index in [4.69, 9.17) is 37.4 Å². The van der Waals surface area contributed by atoms with Gasteiger partial charge in [-0.25, -0.2) is 9.79 Å². The van der Waals surface area contributed by atoms with E-state index in [2.05, 4.69) is 4.99 Å². The summed E-state index contributed by atoms with van der Waals surface area (Å²) in [6.45, 7) is 6.47. The Morgan fingerprint density at radius 1 is 0.976 bits per heavy atom. The second kappa shape index (κ2) is 13.0. The van der Waals surface area contributed by atoms with Crippen molar-refractivity contribution in [2.75, 3.05) is 13.2 Å².